The van der Waals surface area contributed by atoms with Gasteiger partial charge in [-0.1, -0.05) is 13.3 Å². The first-order valence-electron chi connectivity index (χ1n) is 7.85. The summed E-state index contributed by atoms with van der Waals surface area (Å²) in [5.74, 6) is -0.377. The van der Waals surface area contributed by atoms with E-state index >= 15 is 0 Å². The van der Waals surface area contributed by atoms with Crippen molar-refractivity contribution in [1.82, 2.24) is 15.1 Å². The summed E-state index contributed by atoms with van der Waals surface area (Å²) in [7, 11) is 0. The molecule has 1 aliphatic carbocycles. The molecule has 1 aliphatic rings. The van der Waals surface area contributed by atoms with Gasteiger partial charge in [-0.25, -0.2) is 9.07 Å². The van der Waals surface area contributed by atoms with Crippen LogP contribution >= 0.6 is 0 Å². The Balaban J connectivity index is 1.91. The van der Waals surface area contributed by atoms with Gasteiger partial charge in [0.15, 0.2) is 5.69 Å². The van der Waals surface area contributed by atoms with E-state index in [2.05, 4.69) is 17.3 Å². The first kappa shape index (κ1) is 14.8. The Morgan fingerprint density at radius 2 is 2.09 bits per heavy atom. The number of hydrogen-bond donors (Lipinski definition) is 1. The lowest BCUT2D eigenvalue weighted by Crippen LogP contribution is -2.25. The molecule has 0 atom stereocenters. The number of fused-ring (bicyclic) bond motifs is 1. The molecule has 2 aromatic rings. The topological polar surface area (TPSA) is 46.9 Å². The highest BCUT2D eigenvalue weighted by atomic mass is 19.1. The molecule has 1 amide bonds. The minimum atomic E-state index is -0.273. The second-order valence-electron chi connectivity index (χ2n) is 5.63. The van der Waals surface area contributed by atoms with E-state index < -0.39 is 0 Å². The van der Waals surface area contributed by atoms with E-state index in [1.807, 2.05) is 0 Å². The summed E-state index contributed by atoms with van der Waals surface area (Å²) in [5.41, 5.74) is 3.44. The zero-order valence-electron chi connectivity index (χ0n) is 12.7. The summed E-state index contributed by atoms with van der Waals surface area (Å²) >= 11 is 0. The smallest absolute Gasteiger partial charge is 0.272 e. The lowest BCUT2D eigenvalue weighted by Gasteiger charge is -2.05. The van der Waals surface area contributed by atoms with Gasteiger partial charge >= 0.3 is 0 Å². The number of halogens is 1. The van der Waals surface area contributed by atoms with Crippen molar-refractivity contribution >= 4 is 5.91 Å². The molecule has 0 spiro atoms. The maximum Gasteiger partial charge on any atom is 0.272 e. The van der Waals surface area contributed by atoms with Crippen LogP contribution in [0, 0.1) is 5.82 Å². The van der Waals surface area contributed by atoms with Crippen molar-refractivity contribution < 1.29 is 9.18 Å². The number of unbranched alkanes of at least 4 members (excludes halogenated alkanes) is 1. The number of aromatic nitrogens is 2. The number of nitrogens with zero attached hydrogens (tertiary/aromatic N) is 2. The van der Waals surface area contributed by atoms with Gasteiger partial charge < -0.3 is 5.32 Å². The average molecular weight is 301 g/mol. The predicted molar refractivity (Wildman–Crippen MR) is 82.8 cm³/mol. The van der Waals surface area contributed by atoms with Gasteiger partial charge in [0.25, 0.3) is 5.91 Å². The second-order valence-corrected chi connectivity index (χ2v) is 5.63. The maximum atomic E-state index is 13.1. The molecule has 0 unspecified atom stereocenters. The molecule has 0 saturated carbocycles. The van der Waals surface area contributed by atoms with Gasteiger partial charge in [0.2, 0.25) is 0 Å². The fourth-order valence-corrected chi connectivity index (χ4v) is 2.88. The summed E-state index contributed by atoms with van der Waals surface area (Å²) in [4.78, 5) is 12.3. The fraction of sp³-hybridized carbons (Fsp3) is 0.412. The highest BCUT2D eigenvalue weighted by Gasteiger charge is 2.26. The number of carbonyl (C=O) groups excluding carboxylic acids is 1. The summed E-state index contributed by atoms with van der Waals surface area (Å²) in [6.45, 7) is 2.76. The summed E-state index contributed by atoms with van der Waals surface area (Å²) < 4.78 is 14.9. The Morgan fingerprint density at radius 3 is 2.82 bits per heavy atom. The zero-order valence-corrected chi connectivity index (χ0v) is 12.7. The molecule has 0 radical (unpaired) electrons. The van der Waals surface area contributed by atoms with Gasteiger partial charge in [-0.05, 0) is 49.9 Å². The molecule has 5 heteroatoms. The molecule has 1 aromatic carbocycles. The van der Waals surface area contributed by atoms with E-state index in [1.165, 1.54) is 12.1 Å². The quantitative estimate of drug-likeness (QED) is 0.863. The van der Waals surface area contributed by atoms with E-state index in [4.69, 9.17) is 0 Å². The van der Waals surface area contributed by atoms with Crippen molar-refractivity contribution in [2.45, 2.75) is 39.0 Å². The molecule has 116 valence electrons. The molecule has 22 heavy (non-hydrogen) atoms. The van der Waals surface area contributed by atoms with Gasteiger partial charge in [-0.15, -0.1) is 0 Å². The minimum absolute atomic E-state index is 0.104. The third-order valence-electron chi connectivity index (χ3n) is 4.03. The molecule has 0 aliphatic heterocycles. The van der Waals surface area contributed by atoms with Crippen molar-refractivity contribution in [1.29, 1.82) is 0 Å². The minimum Gasteiger partial charge on any atom is -0.351 e. The van der Waals surface area contributed by atoms with Crippen LogP contribution in [-0.4, -0.2) is 22.2 Å². The van der Waals surface area contributed by atoms with Crippen molar-refractivity contribution in [3.8, 4) is 5.69 Å². The Bertz CT molecular complexity index is 676. The van der Waals surface area contributed by atoms with Gasteiger partial charge in [0.05, 0.1) is 5.69 Å². The largest absolute Gasteiger partial charge is 0.351 e. The SMILES string of the molecule is CCCCNC(=O)c1nn(-c2ccc(F)cc2)c2c1CCC2. The lowest BCUT2D eigenvalue weighted by molar-refractivity contribution is 0.0947. The normalized spacial score (nSPS) is 13.2. The molecule has 1 N–H and O–H groups in total. The molecule has 1 aromatic heterocycles. The molecule has 0 saturated heterocycles. The number of hydrogen-bond acceptors (Lipinski definition) is 2. The Morgan fingerprint density at radius 1 is 1.32 bits per heavy atom. The highest BCUT2D eigenvalue weighted by molar-refractivity contribution is 5.94. The molecule has 0 fully saturated rings. The lowest BCUT2D eigenvalue weighted by atomic mass is 10.2. The summed E-state index contributed by atoms with van der Waals surface area (Å²) in [6.07, 6.45) is 4.83. The van der Waals surface area contributed by atoms with Gasteiger partial charge in [0, 0.05) is 17.8 Å². The number of amides is 1. The molecule has 4 nitrogen and oxygen atoms in total. The van der Waals surface area contributed by atoms with E-state index in [-0.39, 0.29) is 11.7 Å². The average Bonchev–Trinajstić information content (AvgIpc) is 3.10. The van der Waals surface area contributed by atoms with E-state index in [0.29, 0.717) is 12.2 Å². The fourth-order valence-electron chi connectivity index (χ4n) is 2.88. The zero-order chi connectivity index (χ0) is 15.5. The van der Waals surface area contributed by atoms with Crippen molar-refractivity contribution in [2.24, 2.45) is 0 Å². The van der Waals surface area contributed by atoms with Crippen LogP contribution in [0.15, 0.2) is 24.3 Å². The van der Waals surface area contributed by atoms with Crippen LogP contribution in [0.25, 0.3) is 5.69 Å². The van der Waals surface area contributed by atoms with Gasteiger partial charge in [-0.2, -0.15) is 5.10 Å². The molecule has 1 heterocycles. The Labute approximate surface area is 129 Å². The van der Waals surface area contributed by atoms with Gasteiger partial charge in [-0.3, -0.25) is 4.79 Å². The summed E-state index contributed by atoms with van der Waals surface area (Å²) in [5, 5.41) is 7.42. The Kier molecular flexibility index (Phi) is 4.22. The van der Waals surface area contributed by atoms with E-state index in [0.717, 1.165) is 49.0 Å². The van der Waals surface area contributed by atoms with Crippen LogP contribution in [0.3, 0.4) is 0 Å². The van der Waals surface area contributed by atoms with Crippen LogP contribution in [0.1, 0.15) is 47.9 Å². The van der Waals surface area contributed by atoms with Crippen LogP contribution in [0.4, 0.5) is 4.39 Å². The number of benzene rings is 1. The molecule has 0 bridgehead atoms. The number of carbonyl (C=O) groups is 1. The van der Waals surface area contributed by atoms with Crippen molar-refractivity contribution in [3.63, 3.8) is 0 Å². The molecule has 3 rings (SSSR count). The predicted octanol–water partition coefficient (Wildman–Crippen LogP) is 3.03. The van der Waals surface area contributed by atoms with Gasteiger partial charge in [0.1, 0.15) is 5.82 Å². The van der Waals surface area contributed by atoms with Crippen LogP contribution in [0.5, 0.6) is 0 Å². The first-order valence-corrected chi connectivity index (χ1v) is 7.85. The molecular weight excluding hydrogens is 281 g/mol. The third-order valence-corrected chi connectivity index (χ3v) is 4.03. The number of rotatable bonds is 5. The maximum absolute atomic E-state index is 13.1. The van der Waals surface area contributed by atoms with Crippen molar-refractivity contribution in [2.75, 3.05) is 6.54 Å². The standard InChI is InChI=1S/C17H20FN3O/c1-2-3-11-19-17(22)16-14-5-4-6-15(14)21(20-16)13-9-7-12(18)8-10-13/h7-10H,2-6,11H2,1H3,(H,19,22). The highest BCUT2D eigenvalue weighted by Crippen LogP contribution is 2.27. The second kappa shape index (κ2) is 6.30. The van der Waals surface area contributed by atoms with E-state index in [9.17, 15) is 9.18 Å². The van der Waals surface area contributed by atoms with E-state index in [1.54, 1.807) is 16.8 Å². The van der Waals surface area contributed by atoms with Crippen LogP contribution < -0.4 is 5.32 Å². The third kappa shape index (κ3) is 2.75. The van der Waals surface area contributed by atoms with Crippen LogP contribution in [0.2, 0.25) is 0 Å². The summed E-state index contributed by atoms with van der Waals surface area (Å²) in [6, 6.07) is 6.22. The van der Waals surface area contributed by atoms with Crippen molar-refractivity contribution in [3.05, 3.63) is 47.0 Å². The Hall–Kier alpha value is -2.17. The first-order chi connectivity index (χ1) is 10.7. The van der Waals surface area contributed by atoms with Crippen LogP contribution in [-0.2, 0) is 12.8 Å². The monoisotopic (exact) mass is 301 g/mol. The number of nitrogens with one attached hydrogen (secondary N) is 1. The molecular formula is C17H20FN3O.